The van der Waals surface area contributed by atoms with Crippen molar-refractivity contribution in [1.29, 1.82) is 0 Å². The summed E-state index contributed by atoms with van der Waals surface area (Å²) in [7, 11) is -5.79. The molecule has 0 aliphatic carbocycles. The monoisotopic (exact) mass is 481 g/mol. The zero-order valence-electron chi connectivity index (χ0n) is 18.0. The second-order valence-corrected chi connectivity index (χ2v) is 12.1. The molecular weight excluding hydrogens is 454 g/mol. The lowest BCUT2D eigenvalue weighted by Crippen LogP contribution is -2.49. The normalized spacial score (nSPS) is 21.1. The van der Waals surface area contributed by atoms with Gasteiger partial charge in [0.05, 0.1) is 23.4 Å². The highest BCUT2D eigenvalue weighted by molar-refractivity contribution is 7.92. The summed E-state index contributed by atoms with van der Waals surface area (Å²) in [5, 5.41) is 0. The molecule has 1 saturated heterocycles. The van der Waals surface area contributed by atoms with Crippen LogP contribution in [0.2, 0.25) is 0 Å². The summed E-state index contributed by atoms with van der Waals surface area (Å²) in [6.07, 6.45) is 1.16. The van der Waals surface area contributed by atoms with Gasteiger partial charge in [0.25, 0.3) is 5.56 Å². The van der Waals surface area contributed by atoms with Crippen LogP contribution < -0.4 is 15.0 Å². The largest absolute Gasteiger partial charge is 0.497 e. The second-order valence-electron chi connectivity index (χ2n) is 8.30. The van der Waals surface area contributed by atoms with E-state index in [1.165, 1.54) is 35.7 Å². The van der Waals surface area contributed by atoms with Crippen LogP contribution >= 0.6 is 0 Å². The number of nitrogens with one attached hydrogen (secondary N) is 1. The molecule has 2 atom stereocenters. The van der Waals surface area contributed by atoms with E-state index in [9.17, 15) is 21.6 Å². The van der Waals surface area contributed by atoms with Crippen molar-refractivity contribution in [1.82, 2.24) is 8.87 Å². The highest BCUT2D eigenvalue weighted by atomic mass is 32.2. The van der Waals surface area contributed by atoms with Gasteiger partial charge in [-0.05, 0) is 49.1 Å². The summed E-state index contributed by atoms with van der Waals surface area (Å²) in [5.41, 5.74) is 0.702. The summed E-state index contributed by atoms with van der Waals surface area (Å²) in [5.74, 6) is 0.214. The van der Waals surface area contributed by atoms with E-state index < -0.39 is 20.0 Å². The van der Waals surface area contributed by atoms with Crippen LogP contribution in [0.25, 0.3) is 0 Å². The first kappa shape index (κ1) is 22.8. The number of benzene rings is 1. The minimum absolute atomic E-state index is 0.0309. The summed E-state index contributed by atoms with van der Waals surface area (Å²) < 4.78 is 62.1. The first-order chi connectivity index (χ1) is 15.1. The molecule has 1 fully saturated rings. The molecule has 2 unspecified atom stereocenters. The molecule has 0 amide bonds. The number of nitrogens with zero attached hydrogens (tertiary/aromatic N) is 2. The number of sulfonamides is 2. The predicted molar refractivity (Wildman–Crippen MR) is 121 cm³/mol. The van der Waals surface area contributed by atoms with Crippen LogP contribution in [0.3, 0.4) is 0 Å². The zero-order valence-corrected chi connectivity index (χ0v) is 19.7. The fourth-order valence-electron chi connectivity index (χ4n) is 4.64. The van der Waals surface area contributed by atoms with E-state index in [2.05, 4.69) is 4.72 Å². The SMILES string of the molecule is CCCS(=O)(=O)Nc1ccc(=O)n2c1C1CC(CN(S(=O)(=O)c3ccc(OC)cc3)C1)C2. The quantitative estimate of drug-likeness (QED) is 0.645. The highest BCUT2D eigenvalue weighted by Crippen LogP contribution is 2.40. The fraction of sp³-hybridized carbons (Fsp3) is 0.476. The van der Waals surface area contributed by atoms with E-state index in [4.69, 9.17) is 4.74 Å². The van der Waals surface area contributed by atoms with Gasteiger partial charge in [0.1, 0.15) is 5.75 Å². The Morgan fingerprint density at radius 1 is 1.03 bits per heavy atom. The number of ether oxygens (including phenoxy) is 1. The Morgan fingerprint density at radius 3 is 2.41 bits per heavy atom. The van der Waals surface area contributed by atoms with Gasteiger partial charge in [0.15, 0.2) is 0 Å². The molecule has 1 N–H and O–H groups in total. The third kappa shape index (κ3) is 4.28. The van der Waals surface area contributed by atoms with Gasteiger partial charge in [-0.25, -0.2) is 16.8 Å². The Balaban J connectivity index is 1.69. The maximum Gasteiger partial charge on any atom is 0.250 e. The average Bonchev–Trinajstić information content (AvgIpc) is 2.75. The van der Waals surface area contributed by atoms with Gasteiger partial charge in [0.2, 0.25) is 20.0 Å². The Kier molecular flexibility index (Phi) is 6.08. The molecule has 32 heavy (non-hydrogen) atoms. The molecule has 11 heteroatoms. The zero-order chi connectivity index (χ0) is 23.1. The molecule has 174 valence electrons. The van der Waals surface area contributed by atoms with Gasteiger partial charge in [-0.2, -0.15) is 4.31 Å². The van der Waals surface area contributed by atoms with E-state index in [0.29, 0.717) is 43.1 Å². The van der Waals surface area contributed by atoms with Gasteiger partial charge in [0, 0.05) is 37.3 Å². The Bertz CT molecular complexity index is 1270. The number of pyridine rings is 1. The van der Waals surface area contributed by atoms with Gasteiger partial charge in [-0.1, -0.05) is 6.92 Å². The van der Waals surface area contributed by atoms with Crippen molar-refractivity contribution >= 4 is 25.7 Å². The van der Waals surface area contributed by atoms with Crippen molar-refractivity contribution in [2.75, 3.05) is 30.7 Å². The van der Waals surface area contributed by atoms with Crippen molar-refractivity contribution in [2.24, 2.45) is 5.92 Å². The van der Waals surface area contributed by atoms with Crippen LogP contribution in [0, 0.1) is 5.92 Å². The summed E-state index contributed by atoms with van der Waals surface area (Å²) in [6, 6.07) is 9.09. The number of hydrogen-bond donors (Lipinski definition) is 1. The molecule has 2 bridgehead atoms. The molecule has 0 spiro atoms. The molecule has 1 aromatic carbocycles. The number of anilines is 1. The van der Waals surface area contributed by atoms with Crippen LogP contribution in [0.4, 0.5) is 5.69 Å². The number of piperidine rings is 1. The fourth-order valence-corrected chi connectivity index (χ4v) is 7.35. The smallest absolute Gasteiger partial charge is 0.250 e. The average molecular weight is 482 g/mol. The minimum atomic E-state index is -3.75. The predicted octanol–water partition coefficient (Wildman–Crippen LogP) is 1.82. The van der Waals surface area contributed by atoms with Crippen molar-refractivity contribution in [3.8, 4) is 5.75 Å². The molecule has 0 saturated carbocycles. The van der Waals surface area contributed by atoms with E-state index in [1.54, 1.807) is 23.6 Å². The van der Waals surface area contributed by atoms with Gasteiger partial charge in [-0.3, -0.25) is 9.52 Å². The molecule has 4 rings (SSSR count). The van der Waals surface area contributed by atoms with Gasteiger partial charge in [-0.15, -0.1) is 0 Å². The standard InChI is InChI=1S/C21H27N3O6S2/c1-3-10-31(26,27)22-19-8-9-20(25)24-13-15-11-16(21(19)24)14-23(12-15)32(28,29)18-6-4-17(30-2)5-7-18/h4-9,15-16,22H,3,10-14H2,1-2H3. The Hall–Kier alpha value is -2.37. The van der Waals surface area contributed by atoms with Crippen molar-refractivity contribution in [3.63, 3.8) is 0 Å². The number of hydrogen-bond acceptors (Lipinski definition) is 6. The van der Waals surface area contributed by atoms with Crippen LogP contribution in [-0.2, 0) is 26.6 Å². The molecule has 2 aromatic rings. The third-order valence-electron chi connectivity index (χ3n) is 5.99. The molecular formula is C21H27N3O6S2. The molecule has 3 heterocycles. The van der Waals surface area contributed by atoms with Gasteiger partial charge < -0.3 is 9.30 Å². The number of fused-ring (bicyclic) bond motifs is 4. The maximum absolute atomic E-state index is 13.3. The maximum atomic E-state index is 13.3. The molecule has 1 aromatic heterocycles. The molecule has 9 nitrogen and oxygen atoms in total. The summed E-state index contributed by atoms with van der Waals surface area (Å²) in [4.78, 5) is 12.7. The summed E-state index contributed by atoms with van der Waals surface area (Å²) in [6.45, 7) is 2.61. The molecule has 2 aliphatic heterocycles. The number of rotatable bonds is 7. The van der Waals surface area contributed by atoms with Gasteiger partial charge >= 0.3 is 0 Å². The lowest BCUT2D eigenvalue weighted by Gasteiger charge is -2.42. The second kappa shape index (κ2) is 8.53. The third-order valence-corrected chi connectivity index (χ3v) is 9.31. The van der Waals surface area contributed by atoms with Crippen molar-refractivity contribution in [3.05, 3.63) is 52.4 Å². The lowest BCUT2D eigenvalue weighted by atomic mass is 9.83. The van der Waals surface area contributed by atoms with Crippen molar-refractivity contribution < 1.29 is 21.6 Å². The van der Waals surface area contributed by atoms with Crippen LogP contribution in [0.5, 0.6) is 5.75 Å². The Morgan fingerprint density at radius 2 is 1.75 bits per heavy atom. The molecule has 2 aliphatic rings. The van der Waals surface area contributed by atoms with Crippen molar-refractivity contribution in [2.45, 2.75) is 37.1 Å². The van der Waals surface area contributed by atoms with E-state index in [-0.39, 0.29) is 34.6 Å². The highest BCUT2D eigenvalue weighted by Gasteiger charge is 2.41. The van der Waals surface area contributed by atoms with Crippen LogP contribution in [0.1, 0.15) is 31.4 Å². The first-order valence-electron chi connectivity index (χ1n) is 10.5. The van der Waals surface area contributed by atoms with E-state index in [0.717, 1.165) is 0 Å². The van der Waals surface area contributed by atoms with E-state index in [1.807, 2.05) is 0 Å². The molecule has 0 radical (unpaired) electrons. The van der Waals surface area contributed by atoms with E-state index >= 15 is 0 Å². The summed E-state index contributed by atoms with van der Waals surface area (Å²) >= 11 is 0. The number of aromatic nitrogens is 1. The number of methoxy groups -OCH3 is 1. The lowest BCUT2D eigenvalue weighted by molar-refractivity contribution is 0.187. The first-order valence-corrected chi connectivity index (χ1v) is 13.6. The van der Waals surface area contributed by atoms with Crippen LogP contribution in [-0.4, -0.2) is 51.7 Å². The Labute approximate surface area is 188 Å². The minimum Gasteiger partial charge on any atom is -0.497 e. The van der Waals surface area contributed by atoms with Crippen LogP contribution in [0.15, 0.2) is 46.1 Å². The topological polar surface area (TPSA) is 115 Å².